The van der Waals surface area contributed by atoms with Gasteiger partial charge in [0.15, 0.2) is 0 Å². The molecule has 0 aliphatic carbocycles. The third-order valence-corrected chi connectivity index (χ3v) is 2.18. The van der Waals surface area contributed by atoms with Crippen LogP contribution in [0, 0.1) is 5.41 Å². The fourth-order valence-corrected chi connectivity index (χ4v) is 1.04. The molecule has 1 atom stereocenters. The molecule has 3 heteroatoms. The number of carbonyl (C=O) groups is 1. The summed E-state index contributed by atoms with van der Waals surface area (Å²) >= 11 is 0. The Kier molecular flexibility index (Phi) is 5.77. The molecule has 14 heavy (non-hydrogen) atoms. The van der Waals surface area contributed by atoms with Gasteiger partial charge in [-0.25, -0.2) is 0 Å². The molecule has 0 radical (unpaired) electrons. The minimum absolute atomic E-state index is 0.112. The lowest BCUT2D eigenvalue weighted by Gasteiger charge is -2.23. The maximum Gasteiger partial charge on any atom is 0.225 e. The zero-order valence-corrected chi connectivity index (χ0v) is 10.0. The van der Waals surface area contributed by atoms with E-state index in [1.54, 1.807) is 7.11 Å². The molecule has 0 spiro atoms. The van der Waals surface area contributed by atoms with Gasteiger partial charge in [0.25, 0.3) is 0 Å². The standard InChI is InChI=1S/C11H23NO2/c1-6-9(7-8-14-5)12-10(13)11(2,3)4/h9H,6-8H2,1-5H3,(H,12,13)/t9-/m0/s1. The average Bonchev–Trinajstić information content (AvgIpc) is 2.10. The van der Waals surface area contributed by atoms with Gasteiger partial charge in [0.1, 0.15) is 0 Å². The van der Waals surface area contributed by atoms with Gasteiger partial charge in [-0.3, -0.25) is 4.79 Å². The Hall–Kier alpha value is -0.570. The molecule has 0 rings (SSSR count). The summed E-state index contributed by atoms with van der Waals surface area (Å²) in [6.45, 7) is 8.54. The van der Waals surface area contributed by atoms with Gasteiger partial charge in [-0.2, -0.15) is 0 Å². The van der Waals surface area contributed by atoms with E-state index < -0.39 is 0 Å². The van der Waals surface area contributed by atoms with Crippen molar-refractivity contribution in [2.45, 2.75) is 46.6 Å². The zero-order valence-electron chi connectivity index (χ0n) is 10.0. The van der Waals surface area contributed by atoms with Crippen molar-refractivity contribution in [2.24, 2.45) is 5.41 Å². The molecule has 0 bridgehead atoms. The highest BCUT2D eigenvalue weighted by atomic mass is 16.5. The Morgan fingerprint density at radius 3 is 2.36 bits per heavy atom. The van der Waals surface area contributed by atoms with Crippen LogP contribution in [0.3, 0.4) is 0 Å². The van der Waals surface area contributed by atoms with Gasteiger partial charge in [0.2, 0.25) is 5.91 Å². The average molecular weight is 201 g/mol. The lowest BCUT2D eigenvalue weighted by atomic mass is 9.95. The van der Waals surface area contributed by atoms with Crippen LogP contribution in [-0.2, 0) is 9.53 Å². The van der Waals surface area contributed by atoms with Crippen LogP contribution in [-0.4, -0.2) is 25.7 Å². The molecule has 0 unspecified atom stereocenters. The summed E-state index contributed by atoms with van der Waals surface area (Å²) in [7, 11) is 1.68. The fraction of sp³-hybridized carbons (Fsp3) is 0.909. The first-order valence-corrected chi connectivity index (χ1v) is 5.21. The van der Waals surface area contributed by atoms with Gasteiger partial charge in [-0.15, -0.1) is 0 Å². The predicted octanol–water partition coefficient (Wildman–Crippen LogP) is 1.96. The molecule has 0 aromatic carbocycles. The maximum absolute atomic E-state index is 11.6. The highest BCUT2D eigenvalue weighted by Crippen LogP contribution is 2.13. The van der Waals surface area contributed by atoms with Gasteiger partial charge in [-0.1, -0.05) is 27.7 Å². The van der Waals surface area contributed by atoms with Crippen LogP contribution < -0.4 is 5.32 Å². The molecule has 0 heterocycles. The molecular formula is C11H23NO2. The monoisotopic (exact) mass is 201 g/mol. The normalized spacial score (nSPS) is 13.8. The first-order valence-electron chi connectivity index (χ1n) is 5.21. The highest BCUT2D eigenvalue weighted by molar-refractivity contribution is 5.81. The molecule has 0 aromatic heterocycles. The second-order valence-electron chi connectivity index (χ2n) is 4.61. The van der Waals surface area contributed by atoms with Gasteiger partial charge < -0.3 is 10.1 Å². The van der Waals surface area contributed by atoms with Gasteiger partial charge in [0, 0.05) is 25.2 Å². The lowest BCUT2D eigenvalue weighted by molar-refractivity contribution is -0.129. The van der Waals surface area contributed by atoms with Crippen LogP contribution >= 0.6 is 0 Å². The molecule has 0 saturated heterocycles. The zero-order chi connectivity index (χ0) is 11.2. The van der Waals surface area contributed by atoms with Crippen LogP contribution in [0.2, 0.25) is 0 Å². The topological polar surface area (TPSA) is 38.3 Å². The van der Waals surface area contributed by atoms with Crippen LogP contribution in [0.4, 0.5) is 0 Å². The van der Waals surface area contributed by atoms with Crippen molar-refractivity contribution < 1.29 is 9.53 Å². The third kappa shape index (κ3) is 5.22. The fourth-order valence-electron chi connectivity index (χ4n) is 1.04. The smallest absolute Gasteiger partial charge is 0.225 e. The predicted molar refractivity (Wildman–Crippen MR) is 58.2 cm³/mol. The maximum atomic E-state index is 11.6. The Morgan fingerprint density at radius 2 is 2.00 bits per heavy atom. The molecule has 1 N–H and O–H groups in total. The van der Waals surface area contributed by atoms with Crippen molar-refractivity contribution in [1.29, 1.82) is 0 Å². The lowest BCUT2D eigenvalue weighted by Crippen LogP contribution is -2.41. The molecule has 84 valence electrons. The Bertz CT molecular complexity index is 173. The number of nitrogens with one attached hydrogen (secondary N) is 1. The van der Waals surface area contributed by atoms with Crippen molar-refractivity contribution in [3.8, 4) is 0 Å². The molecule has 0 aliphatic heterocycles. The molecule has 1 amide bonds. The minimum Gasteiger partial charge on any atom is -0.385 e. The van der Waals surface area contributed by atoms with Crippen LogP contribution in [0.15, 0.2) is 0 Å². The summed E-state index contributed by atoms with van der Waals surface area (Å²) in [5, 5.41) is 3.02. The number of rotatable bonds is 5. The van der Waals surface area contributed by atoms with Gasteiger partial charge in [-0.05, 0) is 12.8 Å². The molecule has 0 aliphatic rings. The first kappa shape index (κ1) is 13.4. The Morgan fingerprint density at radius 1 is 1.43 bits per heavy atom. The van der Waals surface area contributed by atoms with E-state index in [-0.39, 0.29) is 17.4 Å². The second-order valence-corrected chi connectivity index (χ2v) is 4.61. The summed E-state index contributed by atoms with van der Waals surface area (Å²) < 4.78 is 4.99. The largest absolute Gasteiger partial charge is 0.385 e. The van der Waals surface area contributed by atoms with E-state index in [2.05, 4.69) is 12.2 Å². The number of hydrogen-bond donors (Lipinski definition) is 1. The summed E-state index contributed by atoms with van der Waals surface area (Å²) in [5.41, 5.74) is -0.305. The summed E-state index contributed by atoms with van der Waals surface area (Å²) in [6.07, 6.45) is 1.83. The molecule has 3 nitrogen and oxygen atoms in total. The quantitative estimate of drug-likeness (QED) is 0.738. The third-order valence-electron chi connectivity index (χ3n) is 2.18. The number of ether oxygens (including phenoxy) is 1. The molecule has 0 aromatic rings. The second kappa shape index (κ2) is 6.02. The van der Waals surface area contributed by atoms with E-state index in [0.29, 0.717) is 6.61 Å². The van der Waals surface area contributed by atoms with E-state index >= 15 is 0 Å². The van der Waals surface area contributed by atoms with Crippen molar-refractivity contribution in [3.05, 3.63) is 0 Å². The van der Waals surface area contributed by atoms with Crippen molar-refractivity contribution >= 4 is 5.91 Å². The van der Waals surface area contributed by atoms with Crippen molar-refractivity contribution in [2.75, 3.05) is 13.7 Å². The first-order chi connectivity index (χ1) is 6.41. The van der Waals surface area contributed by atoms with E-state index in [1.807, 2.05) is 20.8 Å². The minimum atomic E-state index is -0.305. The summed E-state index contributed by atoms with van der Waals surface area (Å²) in [4.78, 5) is 11.6. The SMILES string of the molecule is CC[C@@H](CCOC)NC(=O)C(C)(C)C. The van der Waals surface area contributed by atoms with Crippen LogP contribution in [0.1, 0.15) is 40.5 Å². The van der Waals surface area contributed by atoms with E-state index in [0.717, 1.165) is 12.8 Å². The molecular weight excluding hydrogens is 178 g/mol. The number of methoxy groups -OCH3 is 1. The van der Waals surface area contributed by atoms with E-state index in [9.17, 15) is 4.79 Å². The number of hydrogen-bond acceptors (Lipinski definition) is 2. The van der Waals surface area contributed by atoms with E-state index in [1.165, 1.54) is 0 Å². The Balaban J connectivity index is 3.99. The molecule has 0 saturated carbocycles. The Labute approximate surface area is 87.2 Å². The highest BCUT2D eigenvalue weighted by Gasteiger charge is 2.23. The van der Waals surface area contributed by atoms with Gasteiger partial charge >= 0.3 is 0 Å². The summed E-state index contributed by atoms with van der Waals surface area (Å²) in [5.74, 6) is 0.112. The van der Waals surface area contributed by atoms with Crippen LogP contribution in [0.5, 0.6) is 0 Å². The van der Waals surface area contributed by atoms with Crippen molar-refractivity contribution in [1.82, 2.24) is 5.32 Å². The number of amides is 1. The van der Waals surface area contributed by atoms with Gasteiger partial charge in [0.05, 0.1) is 0 Å². The van der Waals surface area contributed by atoms with E-state index in [4.69, 9.17) is 4.74 Å². The summed E-state index contributed by atoms with van der Waals surface area (Å²) in [6, 6.07) is 0.238. The number of carbonyl (C=O) groups excluding carboxylic acids is 1. The van der Waals surface area contributed by atoms with Crippen LogP contribution in [0.25, 0.3) is 0 Å². The molecule has 0 fully saturated rings. The van der Waals surface area contributed by atoms with Crippen molar-refractivity contribution in [3.63, 3.8) is 0 Å².